The van der Waals surface area contributed by atoms with Crippen molar-refractivity contribution in [1.29, 1.82) is 0 Å². The molecule has 1 rings (SSSR count). The summed E-state index contributed by atoms with van der Waals surface area (Å²) in [6.45, 7) is 9.01. The first kappa shape index (κ1) is 12.0. The Morgan fingerprint density at radius 3 is 2.67 bits per heavy atom. The number of pyridine rings is 1. The second-order valence-corrected chi connectivity index (χ2v) is 3.71. The standard InChI is InChI=1S/C12H21N3/c1-4-8-15(5-2)12-11(9-13)10(3)6-7-14-12/h6-7H,4-5,8-9,13H2,1-3H3. The van der Waals surface area contributed by atoms with Crippen LogP contribution in [0, 0.1) is 6.92 Å². The van der Waals surface area contributed by atoms with E-state index in [4.69, 9.17) is 5.73 Å². The van der Waals surface area contributed by atoms with Gasteiger partial charge in [-0.25, -0.2) is 4.98 Å². The highest BCUT2D eigenvalue weighted by atomic mass is 15.2. The zero-order valence-electron chi connectivity index (χ0n) is 9.95. The van der Waals surface area contributed by atoms with Crippen LogP contribution in [0.2, 0.25) is 0 Å². The fourth-order valence-corrected chi connectivity index (χ4v) is 1.78. The summed E-state index contributed by atoms with van der Waals surface area (Å²) in [4.78, 5) is 6.73. The quantitative estimate of drug-likeness (QED) is 0.804. The molecule has 84 valence electrons. The van der Waals surface area contributed by atoms with Crippen LogP contribution in [-0.4, -0.2) is 18.1 Å². The molecular formula is C12H21N3. The van der Waals surface area contributed by atoms with Gasteiger partial charge in [0, 0.05) is 31.4 Å². The van der Waals surface area contributed by atoms with Gasteiger partial charge in [0.1, 0.15) is 5.82 Å². The zero-order chi connectivity index (χ0) is 11.3. The van der Waals surface area contributed by atoms with E-state index < -0.39 is 0 Å². The third kappa shape index (κ3) is 2.69. The van der Waals surface area contributed by atoms with Crippen molar-refractivity contribution in [1.82, 2.24) is 4.98 Å². The molecule has 0 aliphatic rings. The summed E-state index contributed by atoms with van der Waals surface area (Å²) in [7, 11) is 0. The van der Waals surface area contributed by atoms with Crippen molar-refractivity contribution in [3.8, 4) is 0 Å². The van der Waals surface area contributed by atoms with E-state index in [0.717, 1.165) is 25.3 Å². The second kappa shape index (κ2) is 5.71. The van der Waals surface area contributed by atoms with Crippen LogP contribution in [0.5, 0.6) is 0 Å². The molecule has 0 fully saturated rings. The van der Waals surface area contributed by atoms with E-state index in [0.29, 0.717) is 6.54 Å². The average Bonchev–Trinajstić information content (AvgIpc) is 2.25. The summed E-state index contributed by atoms with van der Waals surface area (Å²) in [5, 5.41) is 0. The van der Waals surface area contributed by atoms with Gasteiger partial charge in [0.15, 0.2) is 0 Å². The van der Waals surface area contributed by atoms with Crippen LogP contribution in [0.25, 0.3) is 0 Å². The van der Waals surface area contributed by atoms with Crippen LogP contribution >= 0.6 is 0 Å². The van der Waals surface area contributed by atoms with Gasteiger partial charge in [0.05, 0.1) is 0 Å². The van der Waals surface area contributed by atoms with Gasteiger partial charge in [-0.05, 0) is 31.9 Å². The molecule has 0 atom stereocenters. The molecule has 0 spiro atoms. The molecule has 0 radical (unpaired) electrons. The Labute approximate surface area is 92.3 Å². The van der Waals surface area contributed by atoms with Crippen molar-refractivity contribution < 1.29 is 0 Å². The summed E-state index contributed by atoms with van der Waals surface area (Å²) in [5.74, 6) is 1.06. The number of hydrogen-bond donors (Lipinski definition) is 1. The maximum Gasteiger partial charge on any atom is 0.133 e. The number of nitrogens with two attached hydrogens (primary N) is 1. The number of hydrogen-bond acceptors (Lipinski definition) is 3. The minimum Gasteiger partial charge on any atom is -0.357 e. The van der Waals surface area contributed by atoms with Crippen molar-refractivity contribution in [2.75, 3.05) is 18.0 Å². The molecule has 1 heterocycles. The van der Waals surface area contributed by atoms with Crippen molar-refractivity contribution in [3.63, 3.8) is 0 Å². The largest absolute Gasteiger partial charge is 0.357 e. The van der Waals surface area contributed by atoms with Crippen LogP contribution in [0.15, 0.2) is 12.3 Å². The number of aromatic nitrogens is 1. The van der Waals surface area contributed by atoms with E-state index in [2.05, 4.69) is 30.7 Å². The molecule has 0 bridgehead atoms. The maximum atomic E-state index is 5.77. The molecule has 15 heavy (non-hydrogen) atoms. The molecule has 1 aromatic rings. The lowest BCUT2D eigenvalue weighted by molar-refractivity contribution is 0.769. The molecule has 0 saturated heterocycles. The third-order valence-electron chi connectivity index (χ3n) is 2.65. The van der Waals surface area contributed by atoms with E-state index in [-0.39, 0.29) is 0 Å². The smallest absolute Gasteiger partial charge is 0.133 e. The van der Waals surface area contributed by atoms with Gasteiger partial charge in [0.2, 0.25) is 0 Å². The Bertz CT molecular complexity index is 310. The van der Waals surface area contributed by atoms with Crippen molar-refractivity contribution in [2.24, 2.45) is 5.73 Å². The summed E-state index contributed by atoms with van der Waals surface area (Å²) in [6, 6.07) is 2.02. The number of anilines is 1. The molecule has 1 aromatic heterocycles. The highest BCUT2D eigenvalue weighted by Crippen LogP contribution is 2.20. The van der Waals surface area contributed by atoms with E-state index in [1.165, 1.54) is 11.1 Å². The SMILES string of the molecule is CCCN(CC)c1nccc(C)c1CN. The van der Waals surface area contributed by atoms with Gasteiger partial charge in [-0.2, -0.15) is 0 Å². The second-order valence-electron chi connectivity index (χ2n) is 3.71. The predicted octanol–water partition coefficient (Wildman–Crippen LogP) is 2.09. The zero-order valence-corrected chi connectivity index (χ0v) is 9.95. The van der Waals surface area contributed by atoms with Crippen molar-refractivity contribution >= 4 is 5.82 Å². The molecule has 0 saturated carbocycles. The van der Waals surface area contributed by atoms with Crippen LogP contribution in [-0.2, 0) is 6.54 Å². The number of rotatable bonds is 5. The third-order valence-corrected chi connectivity index (χ3v) is 2.65. The molecule has 0 unspecified atom stereocenters. The predicted molar refractivity (Wildman–Crippen MR) is 65.0 cm³/mol. The molecule has 0 aromatic carbocycles. The Hall–Kier alpha value is -1.09. The van der Waals surface area contributed by atoms with Crippen LogP contribution in [0.1, 0.15) is 31.4 Å². The molecule has 0 amide bonds. The van der Waals surface area contributed by atoms with Crippen molar-refractivity contribution in [2.45, 2.75) is 33.7 Å². The van der Waals surface area contributed by atoms with Gasteiger partial charge in [-0.15, -0.1) is 0 Å². The van der Waals surface area contributed by atoms with E-state index in [1.54, 1.807) is 0 Å². The normalized spacial score (nSPS) is 10.4. The molecule has 0 aliphatic carbocycles. The highest BCUT2D eigenvalue weighted by Gasteiger charge is 2.10. The Morgan fingerprint density at radius 2 is 2.13 bits per heavy atom. The summed E-state index contributed by atoms with van der Waals surface area (Å²) < 4.78 is 0. The summed E-state index contributed by atoms with van der Waals surface area (Å²) >= 11 is 0. The minimum atomic E-state index is 0.565. The minimum absolute atomic E-state index is 0.565. The topological polar surface area (TPSA) is 42.2 Å². The van der Waals surface area contributed by atoms with Crippen molar-refractivity contribution in [3.05, 3.63) is 23.4 Å². The molecule has 0 aliphatic heterocycles. The van der Waals surface area contributed by atoms with Gasteiger partial charge >= 0.3 is 0 Å². The molecule has 3 nitrogen and oxygen atoms in total. The Kier molecular flexibility index (Phi) is 4.56. The summed E-state index contributed by atoms with van der Waals surface area (Å²) in [6.07, 6.45) is 3.00. The first-order chi connectivity index (χ1) is 7.24. The van der Waals surface area contributed by atoms with Gasteiger partial charge in [-0.1, -0.05) is 6.92 Å². The Morgan fingerprint density at radius 1 is 1.40 bits per heavy atom. The molecular weight excluding hydrogens is 186 g/mol. The van der Waals surface area contributed by atoms with E-state index >= 15 is 0 Å². The fraction of sp³-hybridized carbons (Fsp3) is 0.583. The number of nitrogens with zero attached hydrogens (tertiary/aromatic N) is 2. The van der Waals surface area contributed by atoms with E-state index in [1.807, 2.05) is 12.3 Å². The molecule has 2 N–H and O–H groups in total. The van der Waals surface area contributed by atoms with Gasteiger partial charge < -0.3 is 10.6 Å². The van der Waals surface area contributed by atoms with Gasteiger partial charge in [-0.3, -0.25) is 0 Å². The van der Waals surface area contributed by atoms with Crippen LogP contribution < -0.4 is 10.6 Å². The lowest BCUT2D eigenvalue weighted by Gasteiger charge is -2.24. The molecule has 3 heteroatoms. The average molecular weight is 207 g/mol. The lowest BCUT2D eigenvalue weighted by atomic mass is 10.1. The Balaban J connectivity index is 3.04. The highest BCUT2D eigenvalue weighted by molar-refractivity contribution is 5.50. The fourth-order valence-electron chi connectivity index (χ4n) is 1.78. The first-order valence-electron chi connectivity index (χ1n) is 5.64. The number of aryl methyl sites for hydroxylation is 1. The lowest BCUT2D eigenvalue weighted by Crippen LogP contribution is -2.26. The first-order valence-corrected chi connectivity index (χ1v) is 5.64. The van der Waals surface area contributed by atoms with Crippen LogP contribution in [0.3, 0.4) is 0 Å². The van der Waals surface area contributed by atoms with Crippen LogP contribution in [0.4, 0.5) is 5.82 Å². The maximum absolute atomic E-state index is 5.77. The summed E-state index contributed by atoms with van der Waals surface area (Å²) in [5.41, 5.74) is 8.18. The van der Waals surface area contributed by atoms with E-state index in [9.17, 15) is 0 Å². The van der Waals surface area contributed by atoms with Gasteiger partial charge in [0.25, 0.3) is 0 Å². The monoisotopic (exact) mass is 207 g/mol.